The highest BCUT2D eigenvalue weighted by Crippen LogP contribution is 2.26. The van der Waals surface area contributed by atoms with Crippen molar-refractivity contribution in [3.63, 3.8) is 0 Å². The van der Waals surface area contributed by atoms with Crippen molar-refractivity contribution in [2.24, 2.45) is 18.0 Å². The van der Waals surface area contributed by atoms with Crippen molar-refractivity contribution in [2.45, 2.75) is 32.1 Å². The lowest BCUT2D eigenvalue weighted by molar-refractivity contribution is 0.0688. The van der Waals surface area contributed by atoms with Gasteiger partial charge in [-0.05, 0) is 37.7 Å². The maximum atomic E-state index is 5.44. The summed E-state index contributed by atoms with van der Waals surface area (Å²) < 4.78 is 7.33. The SMILES string of the molecule is CCNC(=NCC1CCOCC1)N1CCC(c2cnn(C)c2)C1. The van der Waals surface area contributed by atoms with Gasteiger partial charge >= 0.3 is 0 Å². The third-order valence-corrected chi connectivity index (χ3v) is 4.86. The lowest BCUT2D eigenvalue weighted by atomic mass is 10.0. The zero-order chi connectivity index (χ0) is 16.1. The van der Waals surface area contributed by atoms with Gasteiger partial charge in [0.25, 0.3) is 0 Å². The maximum Gasteiger partial charge on any atom is 0.193 e. The first-order valence-corrected chi connectivity index (χ1v) is 8.85. The Kier molecular flexibility index (Phi) is 5.54. The molecule has 3 rings (SSSR count). The van der Waals surface area contributed by atoms with E-state index in [1.54, 1.807) is 0 Å². The molecule has 0 aromatic carbocycles. The lowest BCUT2D eigenvalue weighted by Gasteiger charge is -2.24. The Labute approximate surface area is 138 Å². The van der Waals surface area contributed by atoms with E-state index in [0.717, 1.165) is 58.2 Å². The standard InChI is InChI=1S/C17H29N5O/c1-3-18-17(19-10-14-5-8-23-9-6-14)22-7-4-15(13-22)16-11-20-21(2)12-16/h11-12,14-15H,3-10,13H2,1-2H3,(H,18,19). The Morgan fingerprint density at radius 1 is 1.39 bits per heavy atom. The first-order chi connectivity index (χ1) is 11.3. The van der Waals surface area contributed by atoms with Crippen LogP contribution < -0.4 is 5.32 Å². The van der Waals surface area contributed by atoms with Crippen LogP contribution in [0.4, 0.5) is 0 Å². The van der Waals surface area contributed by atoms with Gasteiger partial charge in [-0.15, -0.1) is 0 Å². The number of nitrogens with zero attached hydrogens (tertiary/aromatic N) is 4. The number of ether oxygens (including phenoxy) is 1. The molecule has 23 heavy (non-hydrogen) atoms. The van der Waals surface area contributed by atoms with Crippen LogP contribution >= 0.6 is 0 Å². The predicted molar refractivity (Wildman–Crippen MR) is 91.7 cm³/mol. The van der Waals surface area contributed by atoms with E-state index in [-0.39, 0.29) is 0 Å². The molecule has 6 nitrogen and oxygen atoms in total. The van der Waals surface area contributed by atoms with E-state index in [2.05, 4.69) is 28.4 Å². The summed E-state index contributed by atoms with van der Waals surface area (Å²) in [5, 5.41) is 7.77. The highest BCUT2D eigenvalue weighted by Gasteiger charge is 2.27. The van der Waals surface area contributed by atoms with Crippen molar-refractivity contribution in [1.82, 2.24) is 20.0 Å². The summed E-state index contributed by atoms with van der Waals surface area (Å²) in [4.78, 5) is 7.31. The van der Waals surface area contributed by atoms with Crippen LogP contribution in [-0.4, -0.2) is 60.0 Å². The van der Waals surface area contributed by atoms with Gasteiger partial charge in [0.15, 0.2) is 5.96 Å². The third kappa shape index (κ3) is 4.25. The van der Waals surface area contributed by atoms with Crippen LogP contribution in [0.2, 0.25) is 0 Å². The Bertz CT molecular complexity index is 521. The molecule has 0 aliphatic carbocycles. The summed E-state index contributed by atoms with van der Waals surface area (Å²) in [6, 6.07) is 0. The second-order valence-electron chi connectivity index (χ2n) is 6.63. The molecule has 0 bridgehead atoms. The van der Waals surface area contributed by atoms with Gasteiger partial charge in [-0.3, -0.25) is 9.67 Å². The summed E-state index contributed by atoms with van der Waals surface area (Å²) in [6.45, 7) is 7.86. The highest BCUT2D eigenvalue weighted by molar-refractivity contribution is 5.80. The van der Waals surface area contributed by atoms with Crippen molar-refractivity contribution >= 4 is 5.96 Å². The van der Waals surface area contributed by atoms with E-state index in [4.69, 9.17) is 9.73 Å². The van der Waals surface area contributed by atoms with Crippen LogP contribution in [0, 0.1) is 5.92 Å². The molecule has 0 spiro atoms. The van der Waals surface area contributed by atoms with Crippen LogP contribution in [0.3, 0.4) is 0 Å². The van der Waals surface area contributed by atoms with Crippen molar-refractivity contribution in [1.29, 1.82) is 0 Å². The first kappa shape index (κ1) is 16.3. The fourth-order valence-electron chi connectivity index (χ4n) is 3.45. The van der Waals surface area contributed by atoms with Gasteiger partial charge in [0.1, 0.15) is 0 Å². The topological polar surface area (TPSA) is 54.7 Å². The van der Waals surface area contributed by atoms with E-state index in [1.807, 2.05) is 17.9 Å². The van der Waals surface area contributed by atoms with Gasteiger partial charge in [-0.25, -0.2) is 0 Å². The molecule has 2 fully saturated rings. The molecule has 0 radical (unpaired) electrons. The smallest absolute Gasteiger partial charge is 0.193 e. The fourth-order valence-corrected chi connectivity index (χ4v) is 3.45. The molecule has 1 aromatic heterocycles. The van der Waals surface area contributed by atoms with Gasteiger partial charge in [-0.1, -0.05) is 0 Å². The molecule has 2 aliphatic rings. The number of rotatable bonds is 4. The number of likely N-dealkylation sites (tertiary alicyclic amines) is 1. The second kappa shape index (κ2) is 7.81. The number of hydrogen-bond acceptors (Lipinski definition) is 3. The van der Waals surface area contributed by atoms with Gasteiger partial charge in [0.05, 0.1) is 6.20 Å². The Balaban J connectivity index is 1.59. The quantitative estimate of drug-likeness (QED) is 0.676. The molecule has 0 saturated carbocycles. The van der Waals surface area contributed by atoms with Crippen LogP contribution in [0.5, 0.6) is 0 Å². The van der Waals surface area contributed by atoms with Gasteiger partial charge < -0.3 is 15.0 Å². The van der Waals surface area contributed by atoms with E-state index in [9.17, 15) is 0 Å². The number of nitrogens with one attached hydrogen (secondary N) is 1. The Hall–Kier alpha value is -1.56. The van der Waals surface area contributed by atoms with Crippen molar-refractivity contribution in [3.8, 4) is 0 Å². The minimum Gasteiger partial charge on any atom is -0.381 e. The molecule has 3 heterocycles. The molecule has 0 amide bonds. The summed E-state index contributed by atoms with van der Waals surface area (Å²) in [7, 11) is 1.98. The van der Waals surface area contributed by atoms with E-state index in [0.29, 0.717) is 11.8 Å². The first-order valence-electron chi connectivity index (χ1n) is 8.85. The predicted octanol–water partition coefficient (Wildman–Crippen LogP) is 1.60. The monoisotopic (exact) mass is 319 g/mol. The summed E-state index contributed by atoms with van der Waals surface area (Å²) in [6.07, 6.45) is 7.59. The zero-order valence-electron chi connectivity index (χ0n) is 14.4. The van der Waals surface area contributed by atoms with Crippen molar-refractivity contribution in [3.05, 3.63) is 18.0 Å². The van der Waals surface area contributed by atoms with E-state index in [1.165, 1.54) is 12.0 Å². The Morgan fingerprint density at radius 2 is 2.22 bits per heavy atom. The molecule has 1 unspecified atom stereocenters. The minimum absolute atomic E-state index is 0.565. The van der Waals surface area contributed by atoms with Crippen LogP contribution in [0.15, 0.2) is 17.4 Å². The second-order valence-corrected chi connectivity index (χ2v) is 6.63. The van der Waals surface area contributed by atoms with Crippen molar-refractivity contribution in [2.75, 3.05) is 39.4 Å². The van der Waals surface area contributed by atoms with Crippen LogP contribution in [0.25, 0.3) is 0 Å². The fraction of sp³-hybridized carbons (Fsp3) is 0.765. The average molecular weight is 319 g/mol. The average Bonchev–Trinajstić information content (AvgIpc) is 3.21. The van der Waals surface area contributed by atoms with E-state index < -0.39 is 0 Å². The number of aliphatic imine (C=N–C) groups is 1. The molecule has 2 saturated heterocycles. The molecule has 1 N–H and O–H groups in total. The van der Waals surface area contributed by atoms with Crippen molar-refractivity contribution < 1.29 is 4.74 Å². The number of aryl methyl sites for hydroxylation is 1. The molecule has 2 aliphatic heterocycles. The molecule has 6 heteroatoms. The Morgan fingerprint density at radius 3 is 2.91 bits per heavy atom. The van der Waals surface area contributed by atoms with Gasteiger partial charge in [0, 0.05) is 58.6 Å². The van der Waals surface area contributed by atoms with Gasteiger partial charge in [0.2, 0.25) is 0 Å². The summed E-state index contributed by atoms with van der Waals surface area (Å²) in [5.74, 6) is 2.31. The minimum atomic E-state index is 0.565. The zero-order valence-corrected chi connectivity index (χ0v) is 14.4. The van der Waals surface area contributed by atoms with Crippen LogP contribution in [-0.2, 0) is 11.8 Å². The molecule has 1 atom stereocenters. The number of guanidine groups is 1. The molecule has 1 aromatic rings. The van der Waals surface area contributed by atoms with Gasteiger partial charge in [-0.2, -0.15) is 5.10 Å². The summed E-state index contributed by atoms with van der Waals surface area (Å²) >= 11 is 0. The molecular formula is C17H29N5O. The van der Waals surface area contributed by atoms with E-state index >= 15 is 0 Å². The van der Waals surface area contributed by atoms with Crippen LogP contribution in [0.1, 0.15) is 37.7 Å². The molecule has 128 valence electrons. The summed E-state index contributed by atoms with van der Waals surface area (Å²) in [5.41, 5.74) is 1.34. The molecular weight excluding hydrogens is 290 g/mol. The largest absolute Gasteiger partial charge is 0.381 e. The number of hydrogen-bond donors (Lipinski definition) is 1. The normalized spacial score (nSPS) is 23.5. The number of aromatic nitrogens is 2. The lowest BCUT2D eigenvalue weighted by Crippen LogP contribution is -2.40. The maximum absolute atomic E-state index is 5.44. The third-order valence-electron chi connectivity index (χ3n) is 4.86. The highest BCUT2D eigenvalue weighted by atomic mass is 16.5.